The first-order valence-corrected chi connectivity index (χ1v) is 5.76. The second kappa shape index (κ2) is 7.27. The fourth-order valence-electron chi connectivity index (χ4n) is 1.88. The molecule has 0 saturated heterocycles. The van der Waals surface area contributed by atoms with Crippen molar-refractivity contribution in [3.63, 3.8) is 0 Å². The van der Waals surface area contributed by atoms with Crippen molar-refractivity contribution in [1.29, 1.82) is 0 Å². The molecule has 0 fully saturated rings. The van der Waals surface area contributed by atoms with Crippen LogP contribution in [0.15, 0.2) is 24.3 Å². The third-order valence-corrected chi connectivity index (χ3v) is 2.90. The van der Waals surface area contributed by atoms with Crippen LogP contribution in [0, 0.1) is 0 Å². The molecule has 1 unspecified atom stereocenters. The molecule has 0 saturated carbocycles. The highest BCUT2D eigenvalue weighted by molar-refractivity contribution is 5.36. The largest absolute Gasteiger partial charge is 0.496 e. The van der Waals surface area contributed by atoms with Gasteiger partial charge in [-0.3, -0.25) is 4.90 Å². The minimum atomic E-state index is 0.154. The summed E-state index contributed by atoms with van der Waals surface area (Å²) in [6, 6.07) is 8.14. The highest BCUT2D eigenvalue weighted by Crippen LogP contribution is 2.27. The Bertz CT molecular complexity index is 331. The average molecular weight is 238 g/mol. The molecule has 17 heavy (non-hydrogen) atoms. The van der Waals surface area contributed by atoms with E-state index in [4.69, 9.17) is 15.2 Å². The number of hydrogen-bond donors (Lipinski definition) is 1. The zero-order valence-electron chi connectivity index (χ0n) is 10.8. The summed E-state index contributed by atoms with van der Waals surface area (Å²) in [7, 11) is 5.43. The summed E-state index contributed by atoms with van der Waals surface area (Å²) in [5, 5.41) is 0. The Morgan fingerprint density at radius 1 is 1.29 bits per heavy atom. The molecule has 0 aromatic heterocycles. The molecule has 0 heterocycles. The van der Waals surface area contributed by atoms with Gasteiger partial charge in [0.15, 0.2) is 0 Å². The van der Waals surface area contributed by atoms with Crippen LogP contribution in [0.25, 0.3) is 0 Å². The van der Waals surface area contributed by atoms with E-state index >= 15 is 0 Å². The van der Waals surface area contributed by atoms with Crippen LogP contribution in [0.2, 0.25) is 0 Å². The Labute approximate surface area is 103 Å². The molecular formula is C13H22N2O2. The van der Waals surface area contributed by atoms with Crippen molar-refractivity contribution in [1.82, 2.24) is 4.90 Å². The van der Waals surface area contributed by atoms with Gasteiger partial charge in [0.1, 0.15) is 5.75 Å². The normalized spacial score (nSPS) is 12.8. The van der Waals surface area contributed by atoms with Gasteiger partial charge in [0.25, 0.3) is 0 Å². The summed E-state index contributed by atoms with van der Waals surface area (Å²) in [5.74, 6) is 0.882. The lowest BCUT2D eigenvalue weighted by Crippen LogP contribution is -2.33. The highest BCUT2D eigenvalue weighted by Gasteiger charge is 2.18. The van der Waals surface area contributed by atoms with Crippen molar-refractivity contribution >= 4 is 0 Å². The van der Waals surface area contributed by atoms with Gasteiger partial charge in [-0.1, -0.05) is 18.2 Å². The van der Waals surface area contributed by atoms with Crippen LogP contribution in [-0.4, -0.2) is 45.9 Å². The Kier molecular flexibility index (Phi) is 5.97. The number of likely N-dealkylation sites (N-methyl/N-ethyl adjacent to an activating group) is 1. The van der Waals surface area contributed by atoms with Crippen LogP contribution in [0.1, 0.15) is 11.6 Å². The summed E-state index contributed by atoms with van der Waals surface area (Å²) in [5.41, 5.74) is 6.98. The molecule has 1 rings (SSSR count). The Morgan fingerprint density at radius 3 is 2.59 bits per heavy atom. The van der Waals surface area contributed by atoms with Crippen molar-refractivity contribution in [2.75, 3.05) is 41.0 Å². The van der Waals surface area contributed by atoms with Gasteiger partial charge in [-0.25, -0.2) is 0 Å². The van der Waals surface area contributed by atoms with Crippen LogP contribution >= 0.6 is 0 Å². The zero-order chi connectivity index (χ0) is 12.7. The van der Waals surface area contributed by atoms with Crippen molar-refractivity contribution in [3.8, 4) is 5.75 Å². The maximum atomic E-state index is 5.86. The number of rotatable bonds is 7. The summed E-state index contributed by atoms with van der Waals surface area (Å²) in [6.45, 7) is 2.10. The lowest BCUT2D eigenvalue weighted by molar-refractivity contribution is 0.139. The molecule has 96 valence electrons. The molecular weight excluding hydrogens is 216 g/mol. The number of nitrogens with two attached hydrogens (primary N) is 1. The maximum Gasteiger partial charge on any atom is 0.123 e. The molecule has 2 N–H and O–H groups in total. The Balaban J connectivity index is 2.84. The van der Waals surface area contributed by atoms with E-state index in [1.165, 1.54) is 0 Å². The van der Waals surface area contributed by atoms with Gasteiger partial charge in [0.05, 0.1) is 19.8 Å². The lowest BCUT2D eigenvalue weighted by atomic mass is 10.0. The molecule has 0 aliphatic heterocycles. The van der Waals surface area contributed by atoms with E-state index in [0.29, 0.717) is 13.2 Å². The first-order valence-electron chi connectivity index (χ1n) is 5.76. The van der Waals surface area contributed by atoms with Gasteiger partial charge < -0.3 is 15.2 Å². The quantitative estimate of drug-likeness (QED) is 0.777. The molecule has 1 aromatic carbocycles. The van der Waals surface area contributed by atoms with Crippen LogP contribution < -0.4 is 10.5 Å². The third kappa shape index (κ3) is 3.70. The monoisotopic (exact) mass is 238 g/mol. The predicted molar refractivity (Wildman–Crippen MR) is 69.3 cm³/mol. The Hall–Kier alpha value is -1.10. The summed E-state index contributed by atoms with van der Waals surface area (Å²) >= 11 is 0. The Morgan fingerprint density at radius 2 is 2.00 bits per heavy atom. The van der Waals surface area contributed by atoms with Gasteiger partial charge in [-0.05, 0) is 13.1 Å². The van der Waals surface area contributed by atoms with Crippen LogP contribution in [-0.2, 0) is 4.74 Å². The smallest absolute Gasteiger partial charge is 0.123 e. The first kappa shape index (κ1) is 14.0. The van der Waals surface area contributed by atoms with Gasteiger partial charge in [0, 0.05) is 25.8 Å². The van der Waals surface area contributed by atoms with Crippen molar-refractivity contribution in [2.24, 2.45) is 5.73 Å². The van der Waals surface area contributed by atoms with E-state index in [9.17, 15) is 0 Å². The average Bonchev–Trinajstić information content (AvgIpc) is 2.37. The number of para-hydroxylation sites is 1. The molecule has 1 aromatic rings. The topological polar surface area (TPSA) is 47.7 Å². The number of ether oxygens (including phenoxy) is 2. The molecule has 0 aliphatic rings. The number of nitrogens with zero attached hydrogens (tertiary/aromatic N) is 1. The number of hydrogen-bond acceptors (Lipinski definition) is 4. The standard InChI is InChI=1S/C13H22N2O2/c1-15(8-9-16-2)12(10-14)11-6-4-5-7-13(11)17-3/h4-7,12H,8-10,14H2,1-3H3. The number of methoxy groups -OCH3 is 2. The minimum absolute atomic E-state index is 0.154. The first-order chi connectivity index (χ1) is 8.24. The molecule has 0 bridgehead atoms. The van der Waals surface area contributed by atoms with Gasteiger partial charge >= 0.3 is 0 Å². The van der Waals surface area contributed by atoms with E-state index in [2.05, 4.69) is 11.0 Å². The molecule has 0 spiro atoms. The van der Waals surface area contributed by atoms with Crippen LogP contribution in [0.3, 0.4) is 0 Å². The fourth-order valence-corrected chi connectivity index (χ4v) is 1.88. The third-order valence-electron chi connectivity index (χ3n) is 2.90. The van der Waals surface area contributed by atoms with Gasteiger partial charge in [-0.15, -0.1) is 0 Å². The summed E-state index contributed by atoms with van der Waals surface area (Å²) < 4.78 is 10.5. The van der Waals surface area contributed by atoms with Crippen molar-refractivity contribution in [2.45, 2.75) is 6.04 Å². The molecule has 4 nitrogen and oxygen atoms in total. The fraction of sp³-hybridized carbons (Fsp3) is 0.538. The SMILES string of the molecule is COCCN(C)C(CN)c1ccccc1OC. The van der Waals surface area contributed by atoms with E-state index in [0.717, 1.165) is 17.9 Å². The second-order valence-corrected chi connectivity index (χ2v) is 3.97. The van der Waals surface area contributed by atoms with Crippen molar-refractivity contribution < 1.29 is 9.47 Å². The van der Waals surface area contributed by atoms with E-state index < -0.39 is 0 Å². The molecule has 0 aliphatic carbocycles. The highest BCUT2D eigenvalue weighted by atomic mass is 16.5. The van der Waals surface area contributed by atoms with Crippen LogP contribution in [0.4, 0.5) is 0 Å². The molecule has 0 radical (unpaired) electrons. The lowest BCUT2D eigenvalue weighted by Gasteiger charge is -2.28. The summed E-state index contributed by atoms with van der Waals surface area (Å²) in [6.07, 6.45) is 0. The maximum absolute atomic E-state index is 5.86. The van der Waals surface area contributed by atoms with E-state index in [1.807, 2.05) is 25.2 Å². The zero-order valence-corrected chi connectivity index (χ0v) is 10.8. The van der Waals surface area contributed by atoms with Gasteiger partial charge in [-0.2, -0.15) is 0 Å². The minimum Gasteiger partial charge on any atom is -0.496 e. The predicted octanol–water partition coefficient (Wildman–Crippen LogP) is 1.27. The van der Waals surface area contributed by atoms with Gasteiger partial charge in [0.2, 0.25) is 0 Å². The van der Waals surface area contributed by atoms with Crippen molar-refractivity contribution in [3.05, 3.63) is 29.8 Å². The van der Waals surface area contributed by atoms with Crippen LogP contribution in [0.5, 0.6) is 5.75 Å². The summed E-state index contributed by atoms with van der Waals surface area (Å²) in [4.78, 5) is 2.18. The number of benzene rings is 1. The molecule has 1 atom stereocenters. The second-order valence-electron chi connectivity index (χ2n) is 3.97. The molecule has 0 amide bonds. The van der Waals surface area contributed by atoms with E-state index in [1.54, 1.807) is 14.2 Å². The molecule has 4 heteroatoms. The van der Waals surface area contributed by atoms with E-state index in [-0.39, 0.29) is 6.04 Å².